The average molecular weight is 504 g/mol. The molecule has 7 nitrogen and oxygen atoms in total. The van der Waals surface area contributed by atoms with Gasteiger partial charge in [0.05, 0.1) is 6.54 Å². The number of hydrogen-bond acceptors (Lipinski definition) is 6. The Kier molecular flexibility index (Phi) is 7.46. The van der Waals surface area contributed by atoms with Crippen LogP contribution in [0.2, 0.25) is 0 Å². The molecule has 0 saturated carbocycles. The van der Waals surface area contributed by atoms with Crippen molar-refractivity contribution < 1.29 is 22.8 Å². The number of piperidine rings is 1. The van der Waals surface area contributed by atoms with Crippen molar-refractivity contribution in [2.45, 2.75) is 32.0 Å². The van der Waals surface area contributed by atoms with Crippen molar-refractivity contribution in [1.82, 2.24) is 20.2 Å². The molecule has 2 amide bonds. The Labute approximate surface area is 204 Å². The number of halogens is 3. The lowest BCUT2D eigenvalue weighted by Crippen LogP contribution is -2.29. The van der Waals surface area contributed by atoms with Gasteiger partial charge in [-0.2, -0.15) is 13.2 Å². The third-order valence-electron chi connectivity index (χ3n) is 5.67. The van der Waals surface area contributed by atoms with Crippen LogP contribution in [-0.2, 0) is 12.7 Å². The minimum atomic E-state index is -4.73. The number of thiazole rings is 1. The van der Waals surface area contributed by atoms with Gasteiger partial charge in [0, 0.05) is 24.4 Å². The summed E-state index contributed by atoms with van der Waals surface area (Å²) in [5, 5.41) is 5.27. The standard InChI is InChI=1S/C24H24F3N5O2S/c1-28-22(33)16-7-5-15(6-8-16)17-9-10-18(29-13-17)30-23(34)20-21(24(25,26)27)31-19(35-20)14-32-11-3-2-4-12-32/h5-10,13H,2-4,11-12,14H2,1H3,(H,28,33)(H,29,30,34). The van der Waals surface area contributed by atoms with Crippen molar-refractivity contribution in [3.8, 4) is 11.1 Å². The second-order valence-corrected chi connectivity index (χ2v) is 9.25. The maximum atomic E-state index is 13.6. The summed E-state index contributed by atoms with van der Waals surface area (Å²) in [6.45, 7) is 1.92. The molecule has 35 heavy (non-hydrogen) atoms. The topological polar surface area (TPSA) is 87.2 Å². The molecule has 3 aromatic rings. The molecule has 11 heteroatoms. The summed E-state index contributed by atoms with van der Waals surface area (Å²) in [7, 11) is 1.55. The van der Waals surface area contributed by atoms with Gasteiger partial charge in [-0.3, -0.25) is 14.5 Å². The highest BCUT2D eigenvalue weighted by atomic mass is 32.1. The van der Waals surface area contributed by atoms with Crippen LogP contribution in [0.3, 0.4) is 0 Å². The molecule has 4 rings (SSSR count). The molecule has 0 aliphatic carbocycles. The Hall–Kier alpha value is -3.31. The number of rotatable bonds is 6. The third-order valence-corrected chi connectivity index (χ3v) is 6.71. The van der Waals surface area contributed by atoms with Gasteiger partial charge in [0.25, 0.3) is 11.8 Å². The Morgan fingerprint density at radius 3 is 2.29 bits per heavy atom. The predicted octanol–water partition coefficient (Wildman–Crippen LogP) is 4.82. The zero-order valence-electron chi connectivity index (χ0n) is 19.0. The van der Waals surface area contributed by atoms with Crippen LogP contribution in [0.15, 0.2) is 42.6 Å². The molecule has 184 valence electrons. The maximum absolute atomic E-state index is 13.6. The molecular formula is C24H24F3N5O2S. The summed E-state index contributed by atoms with van der Waals surface area (Å²) in [6.07, 6.45) is -0.108. The van der Waals surface area contributed by atoms with Crippen LogP contribution in [0.25, 0.3) is 11.1 Å². The number of likely N-dealkylation sites (tertiary alicyclic amines) is 1. The van der Waals surface area contributed by atoms with Crippen molar-refractivity contribution in [3.63, 3.8) is 0 Å². The fourth-order valence-corrected chi connectivity index (χ4v) is 4.88. The molecule has 0 spiro atoms. The Bertz CT molecular complexity index is 1190. The van der Waals surface area contributed by atoms with E-state index in [2.05, 4.69) is 25.5 Å². The lowest BCUT2D eigenvalue weighted by atomic mass is 10.1. The van der Waals surface area contributed by atoms with Gasteiger partial charge in [0.2, 0.25) is 0 Å². The fourth-order valence-electron chi connectivity index (χ4n) is 3.86. The normalized spacial score (nSPS) is 14.5. The summed E-state index contributed by atoms with van der Waals surface area (Å²) in [4.78, 5) is 33.9. The number of benzene rings is 1. The molecule has 1 fully saturated rings. The van der Waals surface area contributed by atoms with E-state index < -0.39 is 22.7 Å². The first-order valence-electron chi connectivity index (χ1n) is 11.1. The smallest absolute Gasteiger partial charge is 0.355 e. The minimum Gasteiger partial charge on any atom is -0.355 e. The molecule has 1 aliphatic heterocycles. The largest absolute Gasteiger partial charge is 0.435 e. The third kappa shape index (κ3) is 6.04. The maximum Gasteiger partial charge on any atom is 0.435 e. The van der Waals surface area contributed by atoms with Gasteiger partial charge in [-0.25, -0.2) is 9.97 Å². The Balaban J connectivity index is 1.48. The van der Waals surface area contributed by atoms with E-state index in [4.69, 9.17) is 0 Å². The van der Waals surface area contributed by atoms with Crippen LogP contribution >= 0.6 is 11.3 Å². The average Bonchev–Trinajstić information content (AvgIpc) is 3.29. The van der Waals surface area contributed by atoms with Gasteiger partial charge < -0.3 is 10.6 Å². The molecule has 0 radical (unpaired) electrons. The second-order valence-electron chi connectivity index (χ2n) is 8.16. The van der Waals surface area contributed by atoms with Crippen LogP contribution < -0.4 is 10.6 Å². The molecule has 3 heterocycles. The number of nitrogens with zero attached hydrogens (tertiary/aromatic N) is 3. The number of carbonyl (C=O) groups is 2. The van der Waals surface area contributed by atoms with E-state index >= 15 is 0 Å². The Morgan fingerprint density at radius 1 is 1.00 bits per heavy atom. The highest BCUT2D eigenvalue weighted by molar-refractivity contribution is 7.14. The number of alkyl halides is 3. The fraction of sp³-hybridized carbons (Fsp3) is 0.333. The number of aromatic nitrogens is 2. The summed E-state index contributed by atoms with van der Waals surface area (Å²) in [5.41, 5.74) is 0.869. The molecule has 1 aliphatic rings. The molecule has 1 aromatic carbocycles. The van der Waals surface area contributed by atoms with E-state index in [1.807, 2.05) is 0 Å². The van der Waals surface area contributed by atoms with E-state index in [1.54, 1.807) is 37.4 Å². The molecule has 1 saturated heterocycles. The zero-order valence-corrected chi connectivity index (χ0v) is 19.8. The number of anilines is 1. The predicted molar refractivity (Wildman–Crippen MR) is 127 cm³/mol. The number of pyridine rings is 1. The van der Waals surface area contributed by atoms with Crippen molar-refractivity contribution in [2.75, 3.05) is 25.5 Å². The van der Waals surface area contributed by atoms with Crippen molar-refractivity contribution >= 4 is 29.0 Å². The number of hydrogen-bond donors (Lipinski definition) is 2. The van der Waals surface area contributed by atoms with Gasteiger partial charge in [-0.15, -0.1) is 11.3 Å². The summed E-state index contributed by atoms with van der Waals surface area (Å²) in [5.74, 6) is -0.970. The first-order chi connectivity index (χ1) is 16.7. The molecule has 0 atom stereocenters. The van der Waals surface area contributed by atoms with Gasteiger partial charge in [0.1, 0.15) is 15.7 Å². The van der Waals surface area contributed by atoms with Crippen molar-refractivity contribution in [2.24, 2.45) is 0 Å². The number of carbonyl (C=O) groups excluding carboxylic acids is 2. The molecule has 0 bridgehead atoms. The van der Waals surface area contributed by atoms with E-state index in [0.717, 1.165) is 54.8 Å². The van der Waals surface area contributed by atoms with E-state index in [-0.39, 0.29) is 16.7 Å². The number of nitrogens with one attached hydrogen (secondary N) is 2. The monoisotopic (exact) mass is 503 g/mol. The van der Waals surface area contributed by atoms with Gasteiger partial charge >= 0.3 is 6.18 Å². The first kappa shape index (κ1) is 24.8. The van der Waals surface area contributed by atoms with Crippen LogP contribution in [-0.4, -0.2) is 46.8 Å². The quantitative estimate of drug-likeness (QED) is 0.504. The van der Waals surface area contributed by atoms with Crippen LogP contribution in [0.1, 0.15) is 50.0 Å². The van der Waals surface area contributed by atoms with Crippen LogP contribution in [0.4, 0.5) is 19.0 Å². The molecule has 2 aromatic heterocycles. The van der Waals surface area contributed by atoms with E-state index in [1.165, 1.54) is 12.3 Å². The summed E-state index contributed by atoms with van der Waals surface area (Å²) < 4.78 is 40.8. The lowest BCUT2D eigenvalue weighted by molar-refractivity contribution is -0.141. The first-order valence-corrected chi connectivity index (χ1v) is 12.0. The molecule has 2 N–H and O–H groups in total. The summed E-state index contributed by atoms with van der Waals surface area (Å²) in [6, 6.07) is 10.1. The van der Waals surface area contributed by atoms with Gasteiger partial charge in [0.15, 0.2) is 5.69 Å². The highest BCUT2D eigenvalue weighted by Crippen LogP contribution is 2.35. The molecule has 0 unspecified atom stereocenters. The van der Waals surface area contributed by atoms with Crippen molar-refractivity contribution in [1.29, 1.82) is 0 Å². The Morgan fingerprint density at radius 2 is 1.69 bits per heavy atom. The van der Waals surface area contributed by atoms with Gasteiger partial charge in [-0.05, 0) is 55.8 Å². The highest BCUT2D eigenvalue weighted by Gasteiger charge is 2.39. The van der Waals surface area contributed by atoms with Gasteiger partial charge in [-0.1, -0.05) is 18.6 Å². The van der Waals surface area contributed by atoms with Crippen LogP contribution in [0.5, 0.6) is 0 Å². The minimum absolute atomic E-state index is 0.125. The SMILES string of the molecule is CNC(=O)c1ccc(-c2ccc(NC(=O)c3sc(CN4CCCCC4)nc3C(F)(F)F)nc2)cc1. The lowest BCUT2D eigenvalue weighted by Gasteiger charge is -2.25. The summed E-state index contributed by atoms with van der Waals surface area (Å²) >= 11 is 0.768. The zero-order chi connectivity index (χ0) is 25.0. The van der Waals surface area contributed by atoms with E-state index in [0.29, 0.717) is 12.1 Å². The molecular weight excluding hydrogens is 479 g/mol. The number of amides is 2. The van der Waals surface area contributed by atoms with E-state index in [9.17, 15) is 22.8 Å². The van der Waals surface area contributed by atoms with Crippen molar-refractivity contribution in [3.05, 3.63) is 63.7 Å². The van der Waals surface area contributed by atoms with Crippen LogP contribution in [0, 0.1) is 0 Å². The second kappa shape index (κ2) is 10.5.